The molecule has 9 atom stereocenters. The summed E-state index contributed by atoms with van der Waals surface area (Å²) in [5.74, 6) is -4.16. The Labute approximate surface area is 260 Å². The minimum Gasteiger partial charge on any atom is -0.461 e. The van der Waals surface area contributed by atoms with Crippen LogP contribution in [0.2, 0.25) is 0 Å². The number of rotatable bonds is 12. The maximum Gasteiger partial charge on any atom is 0.408 e. The Bertz CT molecular complexity index is 1280. The molecular formula is C27H38FN3O15. The lowest BCUT2D eigenvalue weighted by Crippen LogP contribution is -2.69. The van der Waals surface area contributed by atoms with Crippen molar-refractivity contribution in [3.05, 3.63) is 23.8 Å². The van der Waals surface area contributed by atoms with Crippen molar-refractivity contribution in [3.8, 4) is 0 Å². The number of carbonyl (C=O) groups is 4. The zero-order valence-corrected chi connectivity index (χ0v) is 24.9. The molecule has 4 aliphatic rings. The van der Waals surface area contributed by atoms with E-state index in [4.69, 9.17) is 30.3 Å². The van der Waals surface area contributed by atoms with E-state index in [9.17, 15) is 34.5 Å². The first-order valence-electron chi connectivity index (χ1n) is 14.4. The summed E-state index contributed by atoms with van der Waals surface area (Å²) >= 11 is 0. The number of allylic oxidation sites excluding steroid dienone is 4. The molecule has 0 aromatic carbocycles. The molecule has 4 aliphatic carbocycles. The Balaban J connectivity index is 1.36. The van der Waals surface area contributed by atoms with Gasteiger partial charge in [0.2, 0.25) is 5.78 Å². The number of ketones is 2. The van der Waals surface area contributed by atoms with Gasteiger partial charge < -0.3 is 30.1 Å². The first-order valence-corrected chi connectivity index (χ1v) is 14.4. The summed E-state index contributed by atoms with van der Waals surface area (Å²) in [7, 11) is 0. The minimum atomic E-state index is -2.53. The third-order valence-corrected chi connectivity index (χ3v) is 10.0. The Kier molecular flexibility index (Phi) is 10.4. The summed E-state index contributed by atoms with van der Waals surface area (Å²) in [5, 5.41) is 69.2. The number of alkyl carbamates (subject to hydrolysis) is 1. The predicted octanol–water partition coefficient (Wildman–Crippen LogP) is -0.710. The lowest BCUT2D eigenvalue weighted by molar-refractivity contribution is -0.527. The van der Waals surface area contributed by atoms with E-state index in [1.165, 1.54) is 25.2 Å². The summed E-state index contributed by atoms with van der Waals surface area (Å²) in [6.07, 6.45) is -2.10. The van der Waals surface area contributed by atoms with E-state index in [0.29, 0.717) is 12.0 Å². The zero-order valence-electron chi connectivity index (χ0n) is 24.9. The predicted molar refractivity (Wildman–Crippen MR) is 142 cm³/mol. The molecule has 8 N–H and O–H groups in total. The van der Waals surface area contributed by atoms with Gasteiger partial charge in [0.05, 0.1) is 23.0 Å². The number of amides is 1. The third kappa shape index (κ3) is 6.20. The van der Waals surface area contributed by atoms with E-state index in [2.05, 4.69) is 9.68 Å². The summed E-state index contributed by atoms with van der Waals surface area (Å²) in [4.78, 5) is 58.1. The Morgan fingerprint density at radius 1 is 1.07 bits per heavy atom. The van der Waals surface area contributed by atoms with Crippen molar-refractivity contribution in [2.45, 2.75) is 69.1 Å². The molecule has 1 amide bonds. The fourth-order valence-electron chi connectivity index (χ4n) is 7.79. The van der Waals surface area contributed by atoms with Crippen molar-refractivity contribution in [2.75, 3.05) is 26.4 Å². The minimum absolute atomic E-state index is 0.174. The van der Waals surface area contributed by atoms with Crippen LogP contribution in [0.15, 0.2) is 23.8 Å². The molecule has 3 fully saturated rings. The van der Waals surface area contributed by atoms with Crippen LogP contribution in [0.3, 0.4) is 0 Å². The highest BCUT2D eigenvalue weighted by Crippen LogP contribution is 2.69. The first kappa shape index (κ1) is 35.9. The second kappa shape index (κ2) is 13.3. The number of nitrogens with one attached hydrogen (secondary N) is 1. The summed E-state index contributed by atoms with van der Waals surface area (Å²) in [5.41, 5.74) is -7.09. The van der Waals surface area contributed by atoms with Gasteiger partial charge in [0, 0.05) is 16.7 Å². The van der Waals surface area contributed by atoms with Crippen LogP contribution in [0.5, 0.6) is 0 Å². The van der Waals surface area contributed by atoms with Gasteiger partial charge in [-0.15, -0.1) is 0 Å². The Morgan fingerprint density at radius 3 is 2.41 bits per heavy atom. The standard InChI is InChI=1S/C27H38FN3O15/c1-24-6-5-15(32)7-14(24)3-4-17-18-8-19(33)27(38,25(18,2)9-20(34)26(17,24)28)21(35)13-44-23(37)29-10-22(36)43-11-16(46-31(41)42)12-45-30(39)40/h5-7,16-20,33-34,38-42H,3-4,8-13H2,1-2H3,(H,29,37)/t16?,17-,18-,19+,20-,24-,25-,26-,27?/m0/s1. The highest BCUT2D eigenvalue weighted by molar-refractivity contribution is 6.01. The van der Waals surface area contributed by atoms with Crippen LogP contribution in [0, 0.1) is 22.7 Å². The van der Waals surface area contributed by atoms with E-state index in [-0.39, 0.29) is 18.6 Å². The molecule has 3 saturated carbocycles. The van der Waals surface area contributed by atoms with Crippen LogP contribution in [0.1, 0.15) is 39.5 Å². The van der Waals surface area contributed by atoms with E-state index < -0.39 is 114 Å². The molecule has 4 rings (SSSR count). The van der Waals surface area contributed by atoms with Gasteiger partial charge in [-0.25, -0.2) is 18.9 Å². The van der Waals surface area contributed by atoms with Gasteiger partial charge in [-0.05, 0) is 50.7 Å². The monoisotopic (exact) mass is 663 g/mol. The number of Topliss-reactive ketones (excluding diaryl/α,β-unsaturated/α-hetero) is 1. The molecule has 18 nitrogen and oxygen atoms in total. The Hall–Kier alpha value is -2.95. The number of aliphatic hydroxyl groups excluding tert-OH is 2. The van der Waals surface area contributed by atoms with Crippen LogP contribution >= 0.6 is 0 Å². The maximum atomic E-state index is 17.2. The summed E-state index contributed by atoms with van der Waals surface area (Å²) in [6.45, 7) is -0.243. The van der Waals surface area contributed by atoms with Gasteiger partial charge in [0.15, 0.2) is 23.7 Å². The van der Waals surface area contributed by atoms with Gasteiger partial charge in [-0.1, -0.05) is 18.6 Å². The van der Waals surface area contributed by atoms with Crippen molar-refractivity contribution in [2.24, 2.45) is 22.7 Å². The van der Waals surface area contributed by atoms with E-state index in [1.54, 1.807) is 6.92 Å². The molecule has 0 heterocycles. The van der Waals surface area contributed by atoms with Crippen LogP contribution in [-0.4, -0.2) is 127 Å². The van der Waals surface area contributed by atoms with Gasteiger partial charge in [0.25, 0.3) is 0 Å². The average Bonchev–Trinajstić information content (AvgIpc) is 3.18. The average molecular weight is 664 g/mol. The number of halogens is 1. The highest BCUT2D eigenvalue weighted by atomic mass is 19.1. The van der Waals surface area contributed by atoms with Crippen LogP contribution in [0.25, 0.3) is 0 Å². The normalized spacial score (nSPS) is 37.2. The zero-order chi connectivity index (χ0) is 34.2. The van der Waals surface area contributed by atoms with Crippen LogP contribution in [0.4, 0.5) is 9.18 Å². The molecule has 0 radical (unpaired) electrons. The molecule has 0 aliphatic heterocycles. The quantitative estimate of drug-likeness (QED) is 0.0946. The molecule has 2 unspecified atom stereocenters. The maximum absolute atomic E-state index is 17.2. The summed E-state index contributed by atoms with van der Waals surface area (Å²) < 4.78 is 26.8. The third-order valence-electron chi connectivity index (χ3n) is 10.0. The molecule has 19 heteroatoms. The van der Waals surface area contributed by atoms with Crippen molar-refractivity contribution in [1.29, 1.82) is 0 Å². The molecule has 258 valence electrons. The molecule has 0 aromatic rings. The number of esters is 1. The molecule has 46 heavy (non-hydrogen) atoms. The lowest BCUT2D eigenvalue weighted by Gasteiger charge is -2.62. The molecule has 0 saturated heterocycles. The van der Waals surface area contributed by atoms with E-state index in [1.807, 2.05) is 5.32 Å². The fraction of sp³-hybridized carbons (Fsp3) is 0.704. The molecule has 0 aromatic heterocycles. The number of ether oxygens (including phenoxy) is 2. The topological polar surface area (TPSA) is 265 Å². The van der Waals surface area contributed by atoms with E-state index in [0.717, 1.165) is 0 Å². The van der Waals surface area contributed by atoms with Crippen molar-refractivity contribution < 1.29 is 78.9 Å². The number of alkyl halides is 1. The molecular weight excluding hydrogens is 625 g/mol. The number of nitrogens with zero attached hydrogens (tertiary/aromatic N) is 2. The summed E-state index contributed by atoms with van der Waals surface area (Å²) in [6, 6.07) is 0. The van der Waals surface area contributed by atoms with Crippen molar-refractivity contribution >= 4 is 23.6 Å². The second-order valence-corrected chi connectivity index (χ2v) is 12.3. The first-order chi connectivity index (χ1) is 21.4. The number of carbonyl (C=O) groups excluding carboxylic acids is 4. The second-order valence-electron chi connectivity index (χ2n) is 12.3. The fourth-order valence-corrected chi connectivity index (χ4v) is 7.79. The number of aliphatic hydroxyl groups is 3. The van der Waals surface area contributed by atoms with Crippen LogP contribution < -0.4 is 5.32 Å². The smallest absolute Gasteiger partial charge is 0.408 e. The van der Waals surface area contributed by atoms with Crippen molar-refractivity contribution in [1.82, 2.24) is 16.1 Å². The van der Waals surface area contributed by atoms with E-state index >= 15 is 4.39 Å². The number of hydrogen-bond donors (Lipinski definition) is 8. The van der Waals surface area contributed by atoms with Gasteiger partial charge in [-0.3, -0.25) is 35.2 Å². The molecule has 0 spiro atoms. The number of fused-ring (bicyclic) bond motifs is 5. The van der Waals surface area contributed by atoms with Gasteiger partial charge in [-0.2, -0.15) is 0 Å². The Morgan fingerprint density at radius 2 is 1.76 bits per heavy atom. The number of hydrogen-bond acceptors (Lipinski definition) is 17. The van der Waals surface area contributed by atoms with Crippen LogP contribution in [-0.2, 0) is 33.5 Å². The molecule has 0 bridgehead atoms. The highest BCUT2D eigenvalue weighted by Gasteiger charge is 2.76. The van der Waals surface area contributed by atoms with Gasteiger partial charge in [0.1, 0.15) is 25.9 Å². The lowest BCUT2D eigenvalue weighted by atomic mass is 9.44. The van der Waals surface area contributed by atoms with Crippen molar-refractivity contribution in [3.63, 3.8) is 0 Å². The van der Waals surface area contributed by atoms with Gasteiger partial charge >= 0.3 is 12.1 Å². The SMILES string of the molecule is C[C@]12C[C@H](O)[C@@]3(F)[C@@H](CCC4=CC(=O)C=C[C@@]43C)[C@@H]1C[C@@H](O)C2(O)C(=O)COC(=O)NCC(=O)OCC(CON(O)O)ON(O)O. The largest absolute Gasteiger partial charge is 0.461 e.